The van der Waals surface area contributed by atoms with Crippen molar-refractivity contribution in [3.63, 3.8) is 0 Å². The number of aliphatic hydroxyl groups excluding tert-OH is 1. The highest BCUT2D eigenvalue weighted by molar-refractivity contribution is 7.91. The summed E-state index contributed by atoms with van der Waals surface area (Å²) in [6.45, 7) is -0.153. The zero-order valence-corrected chi connectivity index (χ0v) is 9.61. The lowest BCUT2D eigenvalue weighted by Gasteiger charge is -1.98. The third kappa shape index (κ3) is 1.97. The Balaban J connectivity index is 2.27. The molecule has 0 aliphatic heterocycles. The quantitative estimate of drug-likeness (QED) is 0.861. The minimum absolute atomic E-state index is 0.153. The third-order valence-electron chi connectivity index (χ3n) is 3.06. The van der Waals surface area contributed by atoms with Gasteiger partial charge in [-0.1, -0.05) is 12.1 Å². The number of aliphatic hydroxyl groups is 1. The summed E-state index contributed by atoms with van der Waals surface area (Å²) in [4.78, 5) is 0. The molecule has 0 bridgehead atoms. The van der Waals surface area contributed by atoms with E-state index in [1.807, 2.05) is 0 Å². The molecule has 1 N–H and O–H groups in total. The molecule has 1 aromatic carbocycles. The van der Waals surface area contributed by atoms with Gasteiger partial charge >= 0.3 is 0 Å². The largest absolute Gasteiger partial charge is 0.396 e. The molecule has 3 unspecified atom stereocenters. The van der Waals surface area contributed by atoms with Gasteiger partial charge < -0.3 is 5.11 Å². The molecule has 2 rings (SSSR count). The number of hydrogen-bond acceptors (Lipinski definition) is 3. The van der Waals surface area contributed by atoms with Crippen LogP contribution in [0.25, 0.3) is 0 Å². The van der Waals surface area contributed by atoms with E-state index in [1.165, 1.54) is 18.4 Å². The Morgan fingerprint density at radius 1 is 1.31 bits per heavy atom. The van der Waals surface area contributed by atoms with Crippen molar-refractivity contribution in [3.8, 4) is 0 Å². The molecule has 1 fully saturated rings. The number of sulfone groups is 1. The van der Waals surface area contributed by atoms with Crippen molar-refractivity contribution < 1.29 is 17.9 Å². The van der Waals surface area contributed by atoms with Crippen LogP contribution in [0.3, 0.4) is 0 Å². The Bertz CT molecular complexity index is 480. The van der Waals surface area contributed by atoms with Gasteiger partial charge in [0.2, 0.25) is 0 Å². The number of halogens is 1. The highest BCUT2D eigenvalue weighted by Gasteiger charge is 2.56. The molecule has 1 saturated carbocycles. The summed E-state index contributed by atoms with van der Waals surface area (Å²) in [5, 5.41) is 8.56. The molecule has 0 aromatic heterocycles. The summed E-state index contributed by atoms with van der Waals surface area (Å²) in [5.41, 5.74) is 0.774. The maximum Gasteiger partial charge on any atom is 0.151 e. The second kappa shape index (κ2) is 3.82. The van der Waals surface area contributed by atoms with E-state index < -0.39 is 15.1 Å². The van der Waals surface area contributed by atoms with Crippen molar-refractivity contribution in [3.05, 3.63) is 35.6 Å². The maximum absolute atomic E-state index is 12.7. The SMILES string of the molecule is CS(=O)(=O)C1C(CO)C1c1ccc(F)cc1. The number of hydrogen-bond donors (Lipinski definition) is 1. The van der Waals surface area contributed by atoms with E-state index in [9.17, 15) is 12.8 Å². The van der Waals surface area contributed by atoms with E-state index in [-0.39, 0.29) is 24.3 Å². The molecule has 0 spiro atoms. The molecule has 0 radical (unpaired) electrons. The van der Waals surface area contributed by atoms with Crippen LogP contribution < -0.4 is 0 Å². The van der Waals surface area contributed by atoms with Crippen LogP contribution in [-0.2, 0) is 9.84 Å². The summed E-state index contributed by atoms with van der Waals surface area (Å²) in [6, 6.07) is 5.77. The average Bonchev–Trinajstić information content (AvgIpc) is 2.92. The van der Waals surface area contributed by atoms with Gasteiger partial charge in [-0.2, -0.15) is 0 Å². The van der Waals surface area contributed by atoms with E-state index in [4.69, 9.17) is 5.11 Å². The molecule has 1 aromatic rings. The third-order valence-corrected chi connectivity index (χ3v) is 4.69. The first-order chi connectivity index (χ1) is 7.45. The standard InChI is InChI=1S/C11H13FO3S/c1-16(14,15)11-9(6-13)10(11)7-2-4-8(12)5-3-7/h2-5,9-11,13H,6H2,1H3. The summed E-state index contributed by atoms with van der Waals surface area (Å²) in [6.07, 6.45) is 1.17. The van der Waals surface area contributed by atoms with Gasteiger partial charge in [0.05, 0.1) is 5.25 Å². The fourth-order valence-electron chi connectivity index (χ4n) is 2.27. The predicted octanol–water partition coefficient (Wildman–Crippen LogP) is 0.945. The molecular weight excluding hydrogens is 231 g/mol. The van der Waals surface area contributed by atoms with Gasteiger partial charge in [0, 0.05) is 24.7 Å². The van der Waals surface area contributed by atoms with Crippen LogP contribution in [0, 0.1) is 11.7 Å². The van der Waals surface area contributed by atoms with Crippen molar-refractivity contribution >= 4 is 9.84 Å². The van der Waals surface area contributed by atoms with Crippen LogP contribution in [0.15, 0.2) is 24.3 Å². The van der Waals surface area contributed by atoms with Gasteiger partial charge in [-0.25, -0.2) is 12.8 Å². The first-order valence-electron chi connectivity index (χ1n) is 5.00. The lowest BCUT2D eigenvalue weighted by Crippen LogP contribution is -2.08. The highest BCUT2D eigenvalue weighted by Crippen LogP contribution is 2.51. The first-order valence-corrected chi connectivity index (χ1v) is 6.96. The van der Waals surface area contributed by atoms with Crippen molar-refractivity contribution in [1.29, 1.82) is 0 Å². The molecule has 0 amide bonds. The van der Waals surface area contributed by atoms with Gasteiger partial charge in [0.25, 0.3) is 0 Å². The molecule has 1 aliphatic rings. The zero-order chi connectivity index (χ0) is 11.9. The predicted molar refractivity (Wildman–Crippen MR) is 58.3 cm³/mol. The summed E-state index contributed by atoms with van der Waals surface area (Å²) < 4.78 is 35.6. The first kappa shape index (κ1) is 11.5. The summed E-state index contributed by atoms with van der Waals surface area (Å²) in [7, 11) is -3.15. The fourth-order valence-corrected chi connectivity index (χ4v) is 3.96. The van der Waals surface area contributed by atoms with Gasteiger partial charge in [0.1, 0.15) is 5.82 Å². The lowest BCUT2D eigenvalue weighted by atomic mass is 10.1. The molecule has 16 heavy (non-hydrogen) atoms. The highest BCUT2D eigenvalue weighted by atomic mass is 32.2. The molecule has 3 atom stereocenters. The van der Waals surface area contributed by atoms with E-state index in [0.717, 1.165) is 5.56 Å². The Hall–Kier alpha value is -0.940. The summed E-state index contributed by atoms with van der Waals surface area (Å²) in [5.74, 6) is -0.790. The van der Waals surface area contributed by atoms with E-state index in [2.05, 4.69) is 0 Å². The Kier molecular flexibility index (Phi) is 2.75. The van der Waals surface area contributed by atoms with E-state index in [0.29, 0.717) is 0 Å². The van der Waals surface area contributed by atoms with E-state index >= 15 is 0 Å². The monoisotopic (exact) mass is 244 g/mol. The minimum Gasteiger partial charge on any atom is -0.396 e. The fraction of sp³-hybridized carbons (Fsp3) is 0.455. The van der Waals surface area contributed by atoms with Crippen molar-refractivity contribution in [2.24, 2.45) is 5.92 Å². The smallest absolute Gasteiger partial charge is 0.151 e. The zero-order valence-electron chi connectivity index (χ0n) is 8.80. The summed E-state index contributed by atoms with van der Waals surface area (Å²) >= 11 is 0. The van der Waals surface area contributed by atoms with E-state index in [1.54, 1.807) is 12.1 Å². The van der Waals surface area contributed by atoms with Crippen LogP contribution in [0.4, 0.5) is 4.39 Å². The number of benzene rings is 1. The lowest BCUT2D eigenvalue weighted by molar-refractivity contribution is 0.274. The Morgan fingerprint density at radius 2 is 1.88 bits per heavy atom. The van der Waals surface area contributed by atoms with Crippen LogP contribution in [-0.4, -0.2) is 31.6 Å². The van der Waals surface area contributed by atoms with Crippen LogP contribution in [0.5, 0.6) is 0 Å². The average molecular weight is 244 g/mol. The molecule has 3 nitrogen and oxygen atoms in total. The van der Waals surface area contributed by atoms with Crippen molar-refractivity contribution in [2.45, 2.75) is 11.2 Å². The molecule has 1 aliphatic carbocycles. The Morgan fingerprint density at radius 3 is 2.25 bits per heavy atom. The normalized spacial score (nSPS) is 29.1. The van der Waals surface area contributed by atoms with Crippen LogP contribution in [0.1, 0.15) is 11.5 Å². The molecular formula is C11H13FO3S. The van der Waals surface area contributed by atoms with Crippen molar-refractivity contribution in [1.82, 2.24) is 0 Å². The number of rotatable bonds is 3. The molecule has 5 heteroatoms. The minimum atomic E-state index is -3.15. The van der Waals surface area contributed by atoms with Crippen LogP contribution >= 0.6 is 0 Å². The van der Waals surface area contributed by atoms with Gasteiger partial charge in [-0.15, -0.1) is 0 Å². The molecule has 0 heterocycles. The second-order valence-electron chi connectivity index (χ2n) is 4.22. The van der Waals surface area contributed by atoms with Crippen molar-refractivity contribution in [2.75, 3.05) is 12.9 Å². The maximum atomic E-state index is 12.7. The second-order valence-corrected chi connectivity index (χ2v) is 6.42. The Labute approximate surface area is 93.8 Å². The van der Waals surface area contributed by atoms with Gasteiger partial charge in [0.15, 0.2) is 9.84 Å². The topological polar surface area (TPSA) is 54.4 Å². The van der Waals surface area contributed by atoms with Gasteiger partial charge in [-0.05, 0) is 17.7 Å². The molecule has 88 valence electrons. The molecule has 0 saturated heterocycles. The van der Waals surface area contributed by atoms with Gasteiger partial charge in [-0.3, -0.25) is 0 Å². The van der Waals surface area contributed by atoms with Crippen LogP contribution in [0.2, 0.25) is 0 Å².